The van der Waals surface area contributed by atoms with E-state index in [-0.39, 0.29) is 12.1 Å². The van der Waals surface area contributed by atoms with Crippen LogP contribution in [0.5, 0.6) is 0 Å². The minimum Gasteiger partial charge on any atom is -0.399 e. The minimum absolute atomic E-state index is 0.133. The molecule has 4 N–H and O–H groups in total. The first kappa shape index (κ1) is 14.3. The van der Waals surface area contributed by atoms with Gasteiger partial charge in [-0.1, -0.05) is 6.07 Å². The van der Waals surface area contributed by atoms with E-state index >= 15 is 0 Å². The highest BCUT2D eigenvalue weighted by Crippen LogP contribution is 2.11. The van der Waals surface area contributed by atoms with Crippen LogP contribution in [0.4, 0.5) is 16.2 Å². The summed E-state index contributed by atoms with van der Waals surface area (Å²) in [5.74, 6) is 0. The molecule has 0 fully saturated rings. The first-order valence-corrected chi connectivity index (χ1v) is 6.05. The lowest BCUT2D eigenvalue weighted by Gasteiger charge is -2.17. The number of nitrogens with two attached hydrogens (primary N) is 1. The smallest absolute Gasteiger partial charge is 0.319 e. The average Bonchev–Trinajstić information content (AvgIpc) is 2.26. The predicted octanol–water partition coefficient (Wildman–Crippen LogP) is 1.73. The highest BCUT2D eigenvalue weighted by atomic mass is 16.2. The molecule has 1 aromatic rings. The summed E-state index contributed by atoms with van der Waals surface area (Å²) in [5.41, 5.74) is 6.97. The highest BCUT2D eigenvalue weighted by Gasteiger charge is 2.07. The molecule has 18 heavy (non-hydrogen) atoms. The SMILES string of the molecule is CC(CCN(C)C)NC(=O)Nc1cccc(N)c1. The molecule has 100 valence electrons. The van der Waals surface area contributed by atoms with Gasteiger partial charge in [-0.15, -0.1) is 0 Å². The fourth-order valence-electron chi connectivity index (χ4n) is 1.53. The van der Waals surface area contributed by atoms with Crippen LogP contribution in [0.25, 0.3) is 0 Å². The van der Waals surface area contributed by atoms with Crippen LogP contribution in [-0.4, -0.2) is 37.6 Å². The van der Waals surface area contributed by atoms with Crippen LogP contribution in [0, 0.1) is 0 Å². The van der Waals surface area contributed by atoms with Crippen molar-refractivity contribution < 1.29 is 4.79 Å². The number of carbonyl (C=O) groups excluding carboxylic acids is 1. The lowest BCUT2D eigenvalue weighted by Crippen LogP contribution is -2.37. The Morgan fingerprint density at radius 2 is 2.17 bits per heavy atom. The summed E-state index contributed by atoms with van der Waals surface area (Å²) in [6.07, 6.45) is 0.914. The molecule has 0 saturated heterocycles. The fourth-order valence-corrected chi connectivity index (χ4v) is 1.53. The summed E-state index contributed by atoms with van der Waals surface area (Å²) in [6.45, 7) is 2.93. The Bertz CT molecular complexity index is 392. The Kier molecular flexibility index (Phi) is 5.45. The van der Waals surface area contributed by atoms with E-state index in [1.165, 1.54) is 0 Å². The zero-order chi connectivity index (χ0) is 13.5. The van der Waals surface area contributed by atoms with Gasteiger partial charge in [-0.25, -0.2) is 4.79 Å². The Morgan fingerprint density at radius 1 is 1.44 bits per heavy atom. The number of hydrogen-bond acceptors (Lipinski definition) is 3. The van der Waals surface area contributed by atoms with Crippen molar-refractivity contribution in [2.75, 3.05) is 31.7 Å². The zero-order valence-electron chi connectivity index (χ0n) is 11.2. The summed E-state index contributed by atoms with van der Waals surface area (Å²) in [6, 6.07) is 7.05. The number of benzene rings is 1. The zero-order valence-corrected chi connectivity index (χ0v) is 11.2. The largest absolute Gasteiger partial charge is 0.399 e. The monoisotopic (exact) mass is 250 g/mol. The van der Waals surface area contributed by atoms with Crippen molar-refractivity contribution in [2.24, 2.45) is 0 Å². The van der Waals surface area contributed by atoms with Crippen LogP contribution >= 0.6 is 0 Å². The van der Waals surface area contributed by atoms with Gasteiger partial charge in [-0.05, 0) is 52.2 Å². The van der Waals surface area contributed by atoms with E-state index < -0.39 is 0 Å². The van der Waals surface area contributed by atoms with Crippen LogP contribution in [0.15, 0.2) is 24.3 Å². The lowest BCUT2D eigenvalue weighted by molar-refractivity contribution is 0.247. The first-order chi connectivity index (χ1) is 8.47. The van der Waals surface area contributed by atoms with Gasteiger partial charge in [0, 0.05) is 17.4 Å². The topological polar surface area (TPSA) is 70.4 Å². The normalized spacial score (nSPS) is 12.2. The predicted molar refractivity (Wildman–Crippen MR) is 75.6 cm³/mol. The molecule has 0 radical (unpaired) electrons. The minimum atomic E-state index is -0.202. The molecule has 2 amide bonds. The number of nitrogens with one attached hydrogen (secondary N) is 2. The molecule has 0 aromatic heterocycles. The van der Waals surface area contributed by atoms with Gasteiger partial charge in [0.1, 0.15) is 0 Å². The maximum absolute atomic E-state index is 11.7. The van der Waals surface area contributed by atoms with Gasteiger partial charge in [0.15, 0.2) is 0 Å². The fraction of sp³-hybridized carbons (Fsp3) is 0.462. The average molecular weight is 250 g/mol. The molecule has 1 unspecified atom stereocenters. The number of nitrogens with zero attached hydrogens (tertiary/aromatic N) is 1. The number of urea groups is 1. The number of amides is 2. The van der Waals surface area contributed by atoms with Crippen LogP contribution < -0.4 is 16.4 Å². The Hall–Kier alpha value is -1.75. The van der Waals surface area contributed by atoms with E-state index in [0.29, 0.717) is 11.4 Å². The van der Waals surface area contributed by atoms with Crippen molar-refractivity contribution in [3.63, 3.8) is 0 Å². The summed E-state index contributed by atoms with van der Waals surface area (Å²) >= 11 is 0. The second kappa shape index (κ2) is 6.86. The third-order valence-electron chi connectivity index (χ3n) is 2.53. The van der Waals surface area contributed by atoms with Crippen molar-refractivity contribution >= 4 is 17.4 Å². The van der Waals surface area contributed by atoms with E-state index in [0.717, 1.165) is 13.0 Å². The summed E-state index contributed by atoms with van der Waals surface area (Å²) in [5, 5.41) is 5.64. The molecule has 0 aliphatic rings. The van der Waals surface area contributed by atoms with Crippen LogP contribution in [-0.2, 0) is 0 Å². The Morgan fingerprint density at radius 3 is 2.78 bits per heavy atom. The van der Waals surface area contributed by atoms with Crippen molar-refractivity contribution in [3.05, 3.63) is 24.3 Å². The van der Waals surface area contributed by atoms with Crippen molar-refractivity contribution in [3.8, 4) is 0 Å². The molecular weight excluding hydrogens is 228 g/mol. The molecule has 0 bridgehead atoms. The van der Waals surface area contributed by atoms with Crippen LogP contribution in [0.1, 0.15) is 13.3 Å². The van der Waals surface area contributed by atoms with Crippen LogP contribution in [0.3, 0.4) is 0 Å². The number of rotatable bonds is 5. The lowest BCUT2D eigenvalue weighted by atomic mass is 10.2. The van der Waals surface area contributed by atoms with E-state index in [4.69, 9.17) is 5.73 Å². The number of nitrogen functional groups attached to an aromatic ring is 1. The molecule has 5 nitrogen and oxygen atoms in total. The van der Waals surface area contributed by atoms with Crippen molar-refractivity contribution in [1.29, 1.82) is 0 Å². The molecule has 0 heterocycles. The molecule has 0 aliphatic carbocycles. The molecule has 0 saturated carbocycles. The van der Waals surface area contributed by atoms with E-state index in [9.17, 15) is 4.79 Å². The third-order valence-corrected chi connectivity index (χ3v) is 2.53. The van der Waals surface area contributed by atoms with Gasteiger partial charge < -0.3 is 21.3 Å². The van der Waals surface area contributed by atoms with E-state index in [1.54, 1.807) is 24.3 Å². The molecule has 0 spiro atoms. The Labute approximate surface area is 108 Å². The second-order valence-corrected chi connectivity index (χ2v) is 4.72. The molecule has 1 aromatic carbocycles. The molecule has 0 aliphatic heterocycles. The number of hydrogen-bond donors (Lipinski definition) is 3. The van der Waals surface area contributed by atoms with Gasteiger partial charge in [0.05, 0.1) is 0 Å². The van der Waals surface area contributed by atoms with Gasteiger partial charge in [0.2, 0.25) is 0 Å². The van der Waals surface area contributed by atoms with Gasteiger partial charge in [-0.3, -0.25) is 0 Å². The molecule has 5 heteroatoms. The van der Waals surface area contributed by atoms with Gasteiger partial charge in [-0.2, -0.15) is 0 Å². The van der Waals surface area contributed by atoms with E-state index in [2.05, 4.69) is 15.5 Å². The van der Waals surface area contributed by atoms with Gasteiger partial charge >= 0.3 is 6.03 Å². The van der Waals surface area contributed by atoms with Crippen LogP contribution in [0.2, 0.25) is 0 Å². The van der Waals surface area contributed by atoms with Crippen molar-refractivity contribution in [2.45, 2.75) is 19.4 Å². The van der Waals surface area contributed by atoms with E-state index in [1.807, 2.05) is 21.0 Å². The summed E-state index contributed by atoms with van der Waals surface area (Å²) in [4.78, 5) is 13.8. The number of carbonyl (C=O) groups is 1. The highest BCUT2D eigenvalue weighted by molar-refractivity contribution is 5.89. The summed E-state index contributed by atoms with van der Waals surface area (Å²) < 4.78 is 0. The third kappa shape index (κ3) is 5.54. The van der Waals surface area contributed by atoms with Crippen molar-refractivity contribution in [1.82, 2.24) is 10.2 Å². The molecule has 1 atom stereocenters. The quantitative estimate of drug-likeness (QED) is 0.697. The first-order valence-electron chi connectivity index (χ1n) is 6.05. The number of anilines is 2. The summed E-state index contributed by atoms with van der Waals surface area (Å²) in [7, 11) is 4.03. The Balaban J connectivity index is 2.37. The molecule has 1 rings (SSSR count). The maximum atomic E-state index is 11.7. The second-order valence-electron chi connectivity index (χ2n) is 4.72. The standard InChI is InChI=1S/C13H22N4O/c1-10(7-8-17(2)3)15-13(18)16-12-6-4-5-11(14)9-12/h4-6,9-10H,7-8,14H2,1-3H3,(H2,15,16,18). The van der Waals surface area contributed by atoms with Gasteiger partial charge in [0.25, 0.3) is 0 Å². The molecular formula is C13H22N4O. The maximum Gasteiger partial charge on any atom is 0.319 e.